The van der Waals surface area contributed by atoms with Gasteiger partial charge in [0, 0.05) is 43.9 Å². The van der Waals surface area contributed by atoms with Gasteiger partial charge in [-0.05, 0) is 42.8 Å². The maximum Gasteiger partial charge on any atom is 0.224 e. The Morgan fingerprint density at radius 2 is 1.61 bits per heavy atom. The first-order chi connectivity index (χ1) is 13.5. The van der Waals surface area contributed by atoms with Crippen LogP contribution in [-0.2, 0) is 4.79 Å². The molecule has 0 radical (unpaired) electrons. The largest absolute Gasteiger partial charge is 0.326 e. The molecule has 0 saturated carbocycles. The average molecular weight is 380 g/mol. The van der Waals surface area contributed by atoms with Gasteiger partial charge in [-0.3, -0.25) is 14.5 Å². The number of carbonyl (C=O) groups excluding carboxylic acids is 2. The summed E-state index contributed by atoms with van der Waals surface area (Å²) in [6, 6.07) is 17.2. The van der Waals surface area contributed by atoms with Crippen LogP contribution in [0.5, 0.6) is 0 Å². The zero-order valence-electron chi connectivity index (χ0n) is 16.7. The van der Waals surface area contributed by atoms with Gasteiger partial charge in [0.1, 0.15) is 0 Å². The molecule has 5 nitrogen and oxygen atoms in total. The van der Waals surface area contributed by atoms with Crippen molar-refractivity contribution in [1.29, 1.82) is 0 Å². The molecule has 1 heterocycles. The van der Waals surface area contributed by atoms with Crippen LogP contribution in [0.3, 0.4) is 0 Å². The van der Waals surface area contributed by atoms with Crippen molar-refractivity contribution in [2.24, 2.45) is 0 Å². The summed E-state index contributed by atoms with van der Waals surface area (Å²) >= 11 is 0. The fraction of sp³-hybridized carbons (Fsp3) is 0.391. The molecular weight excluding hydrogens is 350 g/mol. The van der Waals surface area contributed by atoms with Crippen molar-refractivity contribution in [3.8, 4) is 0 Å². The third-order valence-electron chi connectivity index (χ3n) is 5.31. The molecule has 28 heavy (non-hydrogen) atoms. The van der Waals surface area contributed by atoms with Crippen LogP contribution in [0.2, 0.25) is 0 Å². The summed E-state index contributed by atoms with van der Waals surface area (Å²) in [5, 5.41) is 2.93. The van der Waals surface area contributed by atoms with Gasteiger partial charge in [0.15, 0.2) is 5.78 Å². The van der Waals surface area contributed by atoms with Crippen LogP contribution < -0.4 is 5.32 Å². The molecule has 1 atom stereocenters. The Balaban J connectivity index is 1.49. The minimum atomic E-state index is -0.0205. The lowest BCUT2D eigenvalue weighted by molar-refractivity contribution is -0.116. The number of nitrogens with zero attached hydrogens (tertiary/aromatic N) is 2. The Morgan fingerprint density at radius 1 is 0.964 bits per heavy atom. The molecule has 1 aliphatic rings. The lowest BCUT2D eigenvalue weighted by Crippen LogP contribution is -2.46. The third kappa shape index (κ3) is 5.75. The number of Topliss-reactive ketones (excluding diaryl/α,β-unsaturated/α-hetero) is 1. The van der Waals surface area contributed by atoms with E-state index in [0.29, 0.717) is 18.5 Å². The Bertz CT molecular complexity index is 781. The second-order valence-electron chi connectivity index (χ2n) is 7.64. The molecule has 1 unspecified atom stereocenters. The number of nitrogens with one attached hydrogen (secondary N) is 1. The first kappa shape index (κ1) is 20.2. The highest BCUT2D eigenvalue weighted by molar-refractivity contribution is 5.98. The number of rotatable bonds is 7. The van der Waals surface area contributed by atoms with Crippen molar-refractivity contribution in [3.05, 3.63) is 65.7 Å². The first-order valence-electron chi connectivity index (χ1n) is 9.90. The lowest BCUT2D eigenvalue weighted by atomic mass is 9.97. The van der Waals surface area contributed by atoms with Crippen LogP contribution in [0.25, 0.3) is 0 Å². The molecule has 1 saturated heterocycles. The molecule has 3 rings (SSSR count). The number of carbonyl (C=O) groups is 2. The molecule has 1 aliphatic heterocycles. The van der Waals surface area contributed by atoms with Gasteiger partial charge in [-0.15, -0.1) is 0 Å². The molecule has 1 N–H and O–H groups in total. The fourth-order valence-electron chi connectivity index (χ4n) is 3.43. The van der Waals surface area contributed by atoms with Crippen molar-refractivity contribution in [1.82, 2.24) is 9.80 Å². The highest BCUT2D eigenvalue weighted by atomic mass is 16.1. The molecule has 0 bridgehead atoms. The number of amides is 1. The zero-order valence-corrected chi connectivity index (χ0v) is 16.7. The van der Waals surface area contributed by atoms with Gasteiger partial charge in [-0.1, -0.05) is 37.3 Å². The molecule has 1 amide bonds. The number of benzene rings is 2. The van der Waals surface area contributed by atoms with Gasteiger partial charge in [0.05, 0.1) is 6.54 Å². The molecule has 2 aromatic rings. The van der Waals surface area contributed by atoms with Crippen molar-refractivity contribution >= 4 is 17.4 Å². The Hall–Kier alpha value is -2.50. The third-order valence-corrected chi connectivity index (χ3v) is 5.31. The summed E-state index contributed by atoms with van der Waals surface area (Å²) in [5.41, 5.74) is 2.57. The monoisotopic (exact) mass is 379 g/mol. The van der Waals surface area contributed by atoms with E-state index in [1.807, 2.05) is 42.5 Å². The number of ketones is 1. The predicted molar refractivity (Wildman–Crippen MR) is 113 cm³/mol. The number of hydrogen-bond acceptors (Lipinski definition) is 4. The van der Waals surface area contributed by atoms with E-state index in [1.165, 1.54) is 0 Å². The predicted octanol–water partition coefficient (Wildman–Crippen LogP) is 3.25. The van der Waals surface area contributed by atoms with Crippen molar-refractivity contribution < 1.29 is 9.59 Å². The Kier molecular flexibility index (Phi) is 6.95. The maximum atomic E-state index is 12.5. The summed E-state index contributed by atoms with van der Waals surface area (Å²) in [7, 11) is 2.10. The number of hydrogen-bond donors (Lipinski definition) is 1. The highest BCUT2D eigenvalue weighted by Crippen LogP contribution is 2.19. The summed E-state index contributed by atoms with van der Waals surface area (Å²) in [6.07, 6.45) is 0.425. The SMILES string of the molecule is CC(CC(=O)Nc1ccc(C(=O)CN2CCN(C)CC2)cc1)c1ccccc1. The smallest absolute Gasteiger partial charge is 0.224 e. The van der Waals surface area contributed by atoms with E-state index in [0.717, 1.165) is 37.4 Å². The van der Waals surface area contributed by atoms with E-state index in [9.17, 15) is 9.59 Å². The molecular formula is C23H29N3O2. The summed E-state index contributed by atoms with van der Waals surface area (Å²) < 4.78 is 0. The van der Waals surface area contributed by atoms with Crippen molar-refractivity contribution in [3.63, 3.8) is 0 Å². The topological polar surface area (TPSA) is 52.7 Å². The van der Waals surface area contributed by atoms with E-state index in [1.54, 1.807) is 12.1 Å². The second-order valence-corrected chi connectivity index (χ2v) is 7.64. The van der Waals surface area contributed by atoms with E-state index in [-0.39, 0.29) is 17.6 Å². The molecule has 0 aliphatic carbocycles. The van der Waals surface area contributed by atoms with Crippen LogP contribution in [0.15, 0.2) is 54.6 Å². The molecule has 0 spiro atoms. The van der Waals surface area contributed by atoms with Gasteiger partial charge in [0.25, 0.3) is 0 Å². The minimum Gasteiger partial charge on any atom is -0.326 e. The fourth-order valence-corrected chi connectivity index (χ4v) is 3.43. The Morgan fingerprint density at radius 3 is 2.25 bits per heavy atom. The van der Waals surface area contributed by atoms with Crippen LogP contribution >= 0.6 is 0 Å². The maximum absolute atomic E-state index is 12.5. The van der Waals surface area contributed by atoms with Crippen LogP contribution in [0.1, 0.15) is 35.2 Å². The van der Waals surface area contributed by atoms with Gasteiger partial charge in [0.2, 0.25) is 5.91 Å². The van der Waals surface area contributed by atoms with Gasteiger partial charge in [-0.2, -0.15) is 0 Å². The second kappa shape index (κ2) is 9.62. The molecule has 148 valence electrons. The number of anilines is 1. The normalized spacial score (nSPS) is 16.5. The van der Waals surface area contributed by atoms with Crippen LogP contribution in [-0.4, -0.2) is 61.3 Å². The highest BCUT2D eigenvalue weighted by Gasteiger charge is 2.17. The molecule has 2 aromatic carbocycles. The van der Waals surface area contributed by atoms with Gasteiger partial charge >= 0.3 is 0 Å². The summed E-state index contributed by atoms with van der Waals surface area (Å²) in [5.74, 6) is 0.263. The standard InChI is InChI=1S/C23H29N3O2/c1-18(19-6-4-3-5-7-19)16-23(28)24-21-10-8-20(9-11-21)22(27)17-26-14-12-25(2)13-15-26/h3-11,18H,12-17H2,1-2H3,(H,24,28). The average Bonchev–Trinajstić information content (AvgIpc) is 2.71. The summed E-state index contributed by atoms with van der Waals surface area (Å²) in [6.45, 7) is 6.36. The lowest BCUT2D eigenvalue weighted by Gasteiger charge is -2.31. The zero-order chi connectivity index (χ0) is 19.9. The van der Waals surface area contributed by atoms with Crippen molar-refractivity contribution in [2.45, 2.75) is 19.3 Å². The van der Waals surface area contributed by atoms with Gasteiger partial charge in [-0.25, -0.2) is 0 Å². The summed E-state index contributed by atoms with van der Waals surface area (Å²) in [4.78, 5) is 29.3. The van der Waals surface area contributed by atoms with E-state index in [2.05, 4.69) is 29.1 Å². The van der Waals surface area contributed by atoms with Gasteiger partial charge < -0.3 is 10.2 Å². The number of piperazine rings is 1. The molecule has 1 fully saturated rings. The van der Waals surface area contributed by atoms with E-state index < -0.39 is 0 Å². The molecule has 5 heteroatoms. The quantitative estimate of drug-likeness (QED) is 0.751. The van der Waals surface area contributed by atoms with Crippen molar-refractivity contribution in [2.75, 3.05) is 45.1 Å². The number of likely N-dealkylation sites (N-methyl/N-ethyl adjacent to an activating group) is 1. The van der Waals surface area contributed by atoms with Crippen LogP contribution in [0.4, 0.5) is 5.69 Å². The van der Waals surface area contributed by atoms with Crippen LogP contribution in [0, 0.1) is 0 Å². The van der Waals surface area contributed by atoms with E-state index in [4.69, 9.17) is 0 Å². The molecule has 0 aromatic heterocycles. The minimum absolute atomic E-state index is 0.0205. The Labute approximate surface area is 167 Å². The first-order valence-corrected chi connectivity index (χ1v) is 9.90. The van der Waals surface area contributed by atoms with E-state index >= 15 is 0 Å².